The van der Waals surface area contributed by atoms with Gasteiger partial charge in [0.25, 0.3) is 0 Å². The first-order valence-electron chi connectivity index (χ1n) is 19.0. The van der Waals surface area contributed by atoms with E-state index < -0.39 is 40.4 Å². The van der Waals surface area contributed by atoms with Crippen molar-refractivity contribution in [3.63, 3.8) is 0 Å². The highest BCUT2D eigenvalue weighted by Crippen LogP contribution is 2.47. The van der Waals surface area contributed by atoms with Crippen LogP contribution in [0.5, 0.6) is 0 Å². The van der Waals surface area contributed by atoms with Gasteiger partial charge in [0, 0.05) is 23.1 Å². The average Bonchev–Trinajstić information content (AvgIpc) is 3.41. The normalized spacial score (nSPS) is 30.0. The van der Waals surface area contributed by atoms with Crippen LogP contribution < -0.4 is 0 Å². The van der Waals surface area contributed by atoms with Gasteiger partial charge >= 0.3 is 5.97 Å². The zero-order valence-corrected chi connectivity index (χ0v) is 37.6. The van der Waals surface area contributed by atoms with Crippen molar-refractivity contribution in [1.82, 2.24) is 4.98 Å². The Kier molecular flexibility index (Phi) is 16.4. The molecule has 0 spiro atoms. The zero-order valence-electron chi connectivity index (χ0n) is 34.8. The molecule has 292 valence electrons. The van der Waals surface area contributed by atoms with Gasteiger partial charge in [-0.25, -0.2) is 4.98 Å². The van der Waals surface area contributed by atoms with Crippen molar-refractivity contribution in [2.45, 2.75) is 175 Å². The molecule has 10 heteroatoms. The summed E-state index contributed by atoms with van der Waals surface area (Å²) >= 11 is 1.58. The molecule has 7 nitrogen and oxygen atoms in total. The molecule has 0 aliphatic carbocycles. The summed E-state index contributed by atoms with van der Waals surface area (Å²) in [5.74, 6) is -0.496. The Morgan fingerprint density at radius 1 is 1.12 bits per heavy atom. The Bertz CT molecular complexity index is 1360. The number of rotatable bonds is 9. The molecule has 2 rings (SSSR count). The quantitative estimate of drug-likeness (QED) is 0.147. The Morgan fingerprint density at radius 3 is 2.22 bits per heavy atom. The number of carbonyl (C=O) groups excluding carboxylic acids is 1. The highest BCUT2D eigenvalue weighted by Gasteiger charge is 2.51. The number of aryl methyl sites for hydroxylation is 1. The Morgan fingerprint density at radius 2 is 1.71 bits per heavy atom. The van der Waals surface area contributed by atoms with Crippen LogP contribution in [0.4, 0.5) is 0 Å². The third-order valence-corrected chi connectivity index (χ3v) is 21.9. The number of esters is 1. The summed E-state index contributed by atoms with van der Waals surface area (Å²) in [6.07, 6.45) is 6.99. The number of carbonyl (C=O) groups is 1. The number of ether oxygens (including phenoxy) is 1. The predicted octanol–water partition coefficient (Wildman–Crippen LogP) is 10.6. The number of cyclic esters (lactones) is 1. The van der Waals surface area contributed by atoms with Crippen molar-refractivity contribution in [2.24, 2.45) is 17.3 Å². The number of allylic oxidation sites excluding steroid dienone is 1. The molecule has 1 aliphatic rings. The van der Waals surface area contributed by atoms with E-state index in [9.17, 15) is 15.0 Å². The SMILES string of the molecule is C=CC[C@@]1(C)C(O)[C@H](C)[C@@H](O[Si](C)(C)C(C)(C)C)[C@@H](C)CCC/C(CO)=C\C[C@@H](/C(C)=C/c2csc(C)n2)OC(=O)C[C@@H]1O[Si](C)(C)C(C)(C)C. The maximum absolute atomic E-state index is 14.2. The minimum absolute atomic E-state index is 0.0109. The van der Waals surface area contributed by atoms with Crippen molar-refractivity contribution in [3.8, 4) is 0 Å². The topological polar surface area (TPSA) is 98.1 Å². The molecule has 1 aromatic heterocycles. The molecule has 0 saturated heterocycles. The van der Waals surface area contributed by atoms with Crippen molar-refractivity contribution < 1.29 is 28.6 Å². The fourth-order valence-electron chi connectivity index (χ4n) is 6.53. The molecular weight excluding hydrogens is 691 g/mol. The smallest absolute Gasteiger partial charge is 0.309 e. The van der Waals surface area contributed by atoms with Crippen LogP contribution >= 0.6 is 11.3 Å². The van der Waals surface area contributed by atoms with Gasteiger partial charge in [0.1, 0.15) is 6.10 Å². The van der Waals surface area contributed by atoms with Gasteiger partial charge in [0.05, 0.1) is 42.0 Å². The van der Waals surface area contributed by atoms with E-state index in [1.54, 1.807) is 11.3 Å². The third-order valence-electron chi connectivity index (χ3n) is 12.2. The van der Waals surface area contributed by atoms with E-state index in [1.165, 1.54) is 0 Å². The molecule has 0 amide bonds. The van der Waals surface area contributed by atoms with Crippen LogP contribution in [0, 0.1) is 24.2 Å². The van der Waals surface area contributed by atoms with Gasteiger partial charge in [-0.3, -0.25) is 4.79 Å². The second-order valence-corrected chi connectivity index (χ2v) is 29.1. The number of hydrogen-bond donors (Lipinski definition) is 2. The molecule has 1 aliphatic heterocycles. The number of thiazole rings is 1. The number of nitrogens with zero attached hydrogens (tertiary/aromatic N) is 1. The molecule has 2 N–H and O–H groups in total. The van der Waals surface area contributed by atoms with Crippen LogP contribution in [0.25, 0.3) is 6.08 Å². The molecule has 0 aromatic carbocycles. The summed E-state index contributed by atoms with van der Waals surface area (Å²) in [5.41, 5.74) is 1.79. The molecule has 1 aromatic rings. The van der Waals surface area contributed by atoms with Crippen LogP contribution in [0.2, 0.25) is 36.3 Å². The molecule has 0 saturated carbocycles. The van der Waals surface area contributed by atoms with Gasteiger partial charge in [-0.05, 0) is 98.9 Å². The summed E-state index contributed by atoms with van der Waals surface area (Å²) in [5, 5.41) is 25.9. The average molecular weight is 764 g/mol. The van der Waals surface area contributed by atoms with Crippen LogP contribution in [0.15, 0.2) is 35.3 Å². The van der Waals surface area contributed by atoms with Gasteiger partial charge in [0.15, 0.2) is 16.6 Å². The van der Waals surface area contributed by atoms with E-state index in [0.29, 0.717) is 12.8 Å². The number of aromatic nitrogens is 1. The minimum Gasteiger partial charge on any atom is -0.457 e. The van der Waals surface area contributed by atoms with Crippen LogP contribution in [-0.4, -0.2) is 68.8 Å². The largest absolute Gasteiger partial charge is 0.457 e. The summed E-state index contributed by atoms with van der Waals surface area (Å²) in [6, 6.07) is 0. The molecule has 0 fully saturated rings. The van der Waals surface area contributed by atoms with Crippen molar-refractivity contribution in [1.29, 1.82) is 0 Å². The van der Waals surface area contributed by atoms with Gasteiger partial charge in [-0.1, -0.05) is 74.5 Å². The van der Waals surface area contributed by atoms with Crippen LogP contribution in [0.3, 0.4) is 0 Å². The van der Waals surface area contributed by atoms with Gasteiger partial charge in [0.2, 0.25) is 0 Å². The lowest BCUT2D eigenvalue weighted by molar-refractivity contribution is -0.155. The highest BCUT2D eigenvalue weighted by molar-refractivity contribution is 7.09. The molecule has 1 unspecified atom stereocenters. The maximum Gasteiger partial charge on any atom is 0.309 e. The maximum atomic E-state index is 14.2. The number of hydrogen-bond acceptors (Lipinski definition) is 8. The van der Waals surface area contributed by atoms with E-state index in [-0.39, 0.29) is 47.0 Å². The molecule has 51 heavy (non-hydrogen) atoms. The summed E-state index contributed by atoms with van der Waals surface area (Å²) in [6.45, 7) is 36.7. The molecule has 0 radical (unpaired) electrons. The van der Waals surface area contributed by atoms with Crippen LogP contribution in [0.1, 0.15) is 118 Å². The minimum atomic E-state index is -2.44. The molecule has 2 heterocycles. The third kappa shape index (κ3) is 12.3. The second-order valence-electron chi connectivity index (χ2n) is 18.5. The van der Waals surface area contributed by atoms with E-state index in [4.69, 9.17) is 13.6 Å². The van der Waals surface area contributed by atoms with Gasteiger partial charge in [-0.15, -0.1) is 17.9 Å². The molecular formula is C41H73NO6SSi2. The first kappa shape index (κ1) is 45.8. The summed E-state index contributed by atoms with van der Waals surface area (Å²) in [4.78, 5) is 18.8. The zero-order chi connectivity index (χ0) is 39.2. The van der Waals surface area contributed by atoms with Gasteiger partial charge in [-0.2, -0.15) is 0 Å². The highest BCUT2D eigenvalue weighted by atomic mass is 32.1. The van der Waals surface area contributed by atoms with E-state index in [2.05, 4.69) is 100 Å². The Hall–Kier alpha value is -1.41. The van der Waals surface area contributed by atoms with E-state index in [1.807, 2.05) is 37.5 Å². The molecule has 7 atom stereocenters. The lowest BCUT2D eigenvalue weighted by Gasteiger charge is -2.50. The first-order valence-corrected chi connectivity index (χ1v) is 25.7. The fraction of sp³-hybridized carbons (Fsp3) is 0.756. The predicted molar refractivity (Wildman–Crippen MR) is 220 cm³/mol. The van der Waals surface area contributed by atoms with E-state index >= 15 is 0 Å². The Balaban J connectivity index is 2.78. The monoisotopic (exact) mass is 763 g/mol. The number of aliphatic hydroxyl groups excluding tert-OH is 2. The standard InChI is InChI=1S/C41H73NO6SSi2/c1-17-23-41(12)35(47-50(13,14)39(6,7)8)25-36(44)46-34(29(3)24-33-27-49-31(5)42-33)22-21-32(26-43)20-18-19-28(2)37(30(4)38(41)45)48-51(15,16)40(9,10)11/h17,21,24,27-28,30,34-35,37-38,43,45H,1,18-20,22-23,25-26H2,2-16H3/b29-24+,32-21+/t28-,30+,34-,35-,37-,38?,41+/m0/s1. The lowest BCUT2D eigenvalue weighted by Crippen LogP contribution is -2.57. The van der Waals surface area contributed by atoms with Crippen molar-refractivity contribution >= 4 is 40.0 Å². The second kappa shape index (κ2) is 18.3. The summed E-state index contributed by atoms with van der Waals surface area (Å²) in [7, 11) is -4.68. The molecule has 0 bridgehead atoms. The summed E-state index contributed by atoms with van der Waals surface area (Å²) < 4.78 is 20.7. The van der Waals surface area contributed by atoms with Crippen molar-refractivity contribution in [3.05, 3.63) is 46.0 Å². The first-order chi connectivity index (χ1) is 23.3. The van der Waals surface area contributed by atoms with Crippen LogP contribution in [-0.2, 0) is 18.4 Å². The lowest BCUT2D eigenvalue weighted by atomic mass is 9.68. The number of aliphatic hydroxyl groups is 2. The Labute approximate surface area is 317 Å². The fourth-order valence-corrected chi connectivity index (χ4v) is 10.00. The van der Waals surface area contributed by atoms with Gasteiger partial charge < -0.3 is 23.8 Å². The van der Waals surface area contributed by atoms with E-state index in [0.717, 1.165) is 41.1 Å². The van der Waals surface area contributed by atoms with Crippen molar-refractivity contribution in [2.75, 3.05) is 6.61 Å².